The lowest BCUT2D eigenvalue weighted by Gasteiger charge is -2.49. The van der Waals surface area contributed by atoms with Crippen LogP contribution in [-0.4, -0.2) is 31.4 Å². The lowest BCUT2D eigenvalue weighted by atomic mass is 9.56. The van der Waals surface area contributed by atoms with Crippen LogP contribution in [0.5, 0.6) is 0 Å². The summed E-state index contributed by atoms with van der Waals surface area (Å²) in [5.41, 5.74) is 0.351. The molecule has 1 atom stereocenters. The van der Waals surface area contributed by atoms with Crippen molar-refractivity contribution < 1.29 is 9.31 Å². The molecule has 2 rings (SSSR count). The van der Waals surface area contributed by atoms with Gasteiger partial charge in [-0.25, -0.2) is 0 Å². The van der Waals surface area contributed by atoms with Gasteiger partial charge in [0.2, 0.25) is 0 Å². The van der Waals surface area contributed by atoms with Crippen molar-refractivity contribution in [3.05, 3.63) is 0 Å². The first-order chi connectivity index (χ1) is 11.4. The molecule has 0 aromatic rings. The van der Waals surface area contributed by atoms with Gasteiger partial charge >= 0.3 is 7.12 Å². The summed E-state index contributed by atoms with van der Waals surface area (Å²) in [5, 5.41) is 3.52. The van der Waals surface area contributed by atoms with E-state index < -0.39 is 0 Å². The summed E-state index contributed by atoms with van der Waals surface area (Å²) in [6, 6.07) is 0. The van der Waals surface area contributed by atoms with E-state index in [0.29, 0.717) is 10.8 Å². The van der Waals surface area contributed by atoms with Gasteiger partial charge in [-0.05, 0) is 83.1 Å². The summed E-state index contributed by atoms with van der Waals surface area (Å²) >= 11 is 0. The minimum Gasteiger partial charge on any atom is -0.403 e. The molecule has 2 heterocycles. The monoisotopic (exact) mass is 351 g/mol. The van der Waals surface area contributed by atoms with Gasteiger partial charge < -0.3 is 14.6 Å². The average molecular weight is 351 g/mol. The normalized spacial score (nSPS) is 26.6. The second-order valence-corrected chi connectivity index (χ2v) is 10.6. The van der Waals surface area contributed by atoms with Gasteiger partial charge in [0.05, 0.1) is 11.2 Å². The molecular formula is C21H42BNO2. The van der Waals surface area contributed by atoms with Crippen molar-refractivity contribution in [1.29, 1.82) is 0 Å². The zero-order chi connectivity index (χ0) is 18.9. The van der Waals surface area contributed by atoms with Crippen molar-refractivity contribution in [2.24, 2.45) is 16.7 Å². The topological polar surface area (TPSA) is 30.5 Å². The van der Waals surface area contributed by atoms with Gasteiger partial charge in [-0.2, -0.15) is 0 Å². The predicted octanol–water partition coefficient (Wildman–Crippen LogP) is 5.30. The van der Waals surface area contributed by atoms with Crippen molar-refractivity contribution in [1.82, 2.24) is 5.32 Å². The third-order valence-electron chi connectivity index (χ3n) is 7.64. The number of hydrogen-bond acceptors (Lipinski definition) is 3. The van der Waals surface area contributed by atoms with Crippen molar-refractivity contribution >= 4 is 7.12 Å². The Morgan fingerprint density at radius 2 is 1.44 bits per heavy atom. The highest BCUT2D eigenvalue weighted by Crippen LogP contribution is 2.51. The van der Waals surface area contributed by atoms with Crippen LogP contribution in [0.4, 0.5) is 0 Å². The highest BCUT2D eigenvalue weighted by Gasteiger charge is 2.50. The van der Waals surface area contributed by atoms with E-state index in [9.17, 15) is 0 Å². The molecule has 146 valence electrons. The van der Waals surface area contributed by atoms with Gasteiger partial charge in [0.1, 0.15) is 0 Å². The summed E-state index contributed by atoms with van der Waals surface area (Å²) in [6.45, 7) is 20.8. The minimum absolute atomic E-state index is 0.0372. The lowest BCUT2D eigenvalue weighted by molar-refractivity contribution is 0.00578. The number of nitrogens with one attached hydrogen (secondary N) is 1. The maximum absolute atomic E-state index is 6.15. The van der Waals surface area contributed by atoms with Crippen molar-refractivity contribution in [2.45, 2.75) is 105 Å². The summed E-state index contributed by atoms with van der Waals surface area (Å²) in [7, 11) is -0.0372. The Kier molecular flexibility index (Phi) is 6.39. The van der Waals surface area contributed by atoms with Crippen LogP contribution in [-0.2, 0) is 9.31 Å². The molecule has 0 aromatic carbocycles. The standard InChI is InChI=1S/C21H42BNO2/c1-18(2,3)21(8,17-11-15-23-16-12-17)13-9-10-14-22-24-19(4,5)20(6,7)25-22/h17,23H,9-16H2,1-8H3. The largest absolute Gasteiger partial charge is 0.457 e. The molecule has 0 saturated carbocycles. The van der Waals surface area contributed by atoms with E-state index in [1.54, 1.807) is 0 Å². The smallest absolute Gasteiger partial charge is 0.403 e. The molecule has 0 spiro atoms. The zero-order valence-electron chi connectivity index (χ0n) is 18.1. The van der Waals surface area contributed by atoms with E-state index in [2.05, 4.69) is 60.7 Å². The van der Waals surface area contributed by atoms with E-state index in [1.807, 2.05) is 0 Å². The van der Waals surface area contributed by atoms with Crippen LogP contribution >= 0.6 is 0 Å². The Morgan fingerprint density at radius 1 is 0.920 bits per heavy atom. The lowest BCUT2D eigenvalue weighted by Crippen LogP contribution is -2.44. The molecule has 2 fully saturated rings. The van der Waals surface area contributed by atoms with E-state index in [4.69, 9.17) is 9.31 Å². The average Bonchev–Trinajstić information content (AvgIpc) is 2.70. The van der Waals surface area contributed by atoms with Crippen LogP contribution < -0.4 is 5.32 Å². The Hall–Kier alpha value is -0.0551. The number of unbranched alkanes of at least 4 members (excludes halogenated alkanes) is 1. The fraction of sp³-hybridized carbons (Fsp3) is 1.00. The SMILES string of the molecule is CC(C)(C)C(C)(CCCCB1OC(C)(C)C(C)(C)O1)C1CCNCC1. The first-order valence-electron chi connectivity index (χ1n) is 10.5. The molecule has 2 aliphatic heterocycles. The summed E-state index contributed by atoms with van der Waals surface area (Å²) in [5.74, 6) is 0.839. The quantitative estimate of drug-likeness (QED) is 0.520. The second-order valence-electron chi connectivity index (χ2n) is 10.6. The fourth-order valence-corrected chi connectivity index (χ4v) is 4.54. The van der Waals surface area contributed by atoms with Crippen LogP contribution in [0.1, 0.15) is 87.5 Å². The van der Waals surface area contributed by atoms with Gasteiger partial charge in [-0.3, -0.25) is 0 Å². The molecular weight excluding hydrogens is 309 g/mol. The summed E-state index contributed by atoms with van der Waals surface area (Å²) < 4.78 is 12.3. The van der Waals surface area contributed by atoms with E-state index in [-0.39, 0.29) is 18.3 Å². The molecule has 25 heavy (non-hydrogen) atoms. The molecule has 1 unspecified atom stereocenters. The molecule has 2 aliphatic rings. The number of rotatable bonds is 6. The third-order valence-corrected chi connectivity index (χ3v) is 7.64. The highest BCUT2D eigenvalue weighted by atomic mass is 16.7. The van der Waals surface area contributed by atoms with Gasteiger partial charge in [0.15, 0.2) is 0 Å². The van der Waals surface area contributed by atoms with Crippen molar-refractivity contribution in [2.75, 3.05) is 13.1 Å². The van der Waals surface area contributed by atoms with E-state index >= 15 is 0 Å². The Morgan fingerprint density at radius 3 is 1.92 bits per heavy atom. The van der Waals surface area contributed by atoms with Crippen molar-refractivity contribution in [3.63, 3.8) is 0 Å². The molecule has 0 radical (unpaired) electrons. The third kappa shape index (κ3) is 4.62. The van der Waals surface area contributed by atoms with Crippen LogP contribution in [0.25, 0.3) is 0 Å². The molecule has 0 aromatic heterocycles. The van der Waals surface area contributed by atoms with Gasteiger partial charge in [-0.1, -0.05) is 40.5 Å². The van der Waals surface area contributed by atoms with Crippen LogP contribution in [0.15, 0.2) is 0 Å². The molecule has 0 amide bonds. The van der Waals surface area contributed by atoms with Gasteiger partial charge in [0.25, 0.3) is 0 Å². The van der Waals surface area contributed by atoms with Crippen LogP contribution in [0, 0.1) is 16.7 Å². The van der Waals surface area contributed by atoms with Crippen molar-refractivity contribution in [3.8, 4) is 0 Å². The zero-order valence-corrected chi connectivity index (χ0v) is 18.1. The van der Waals surface area contributed by atoms with Crippen LogP contribution in [0.3, 0.4) is 0 Å². The second kappa shape index (κ2) is 7.52. The van der Waals surface area contributed by atoms with E-state index in [1.165, 1.54) is 45.2 Å². The molecule has 4 heteroatoms. The molecule has 3 nitrogen and oxygen atoms in total. The Labute approximate surface area is 157 Å². The molecule has 0 aliphatic carbocycles. The Bertz CT molecular complexity index is 422. The van der Waals surface area contributed by atoms with Gasteiger partial charge in [0, 0.05) is 0 Å². The molecule has 2 saturated heterocycles. The number of hydrogen-bond donors (Lipinski definition) is 1. The predicted molar refractivity (Wildman–Crippen MR) is 108 cm³/mol. The van der Waals surface area contributed by atoms with Crippen LogP contribution in [0.2, 0.25) is 6.32 Å². The minimum atomic E-state index is -0.202. The fourth-order valence-electron chi connectivity index (χ4n) is 4.54. The number of piperidine rings is 1. The van der Waals surface area contributed by atoms with E-state index in [0.717, 1.165) is 12.2 Å². The maximum Gasteiger partial charge on any atom is 0.457 e. The first kappa shape index (κ1) is 21.2. The highest BCUT2D eigenvalue weighted by molar-refractivity contribution is 6.45. The molecule has 0 bridgehead atoms. The first-order valence-corrected chi connectivity index (χ1v) is 10.5. The Balaban J connectivity index is 1.86. The summed E-state index contributed by atoms with van der Waals surface area (Å²) in [4.78, 5) is 0. The molecule has 1 N–H and O–H groups in total. The maximum atomic E-state index is 6.15. The van der Waals surface area contributed by atoms with Gasteiger partial charge in [-0.15, -0.1) is 0 Å². The summed E-state index contributed by atoms with van der Waals surface area (Å²) in [6.07, 6.45) is 7.42.